The SMILES string of the molecule is CC1(C)CC1(C=O)CC1CC1(F)F. The summed E-state index contributed by atoms with van der Waals surface area (Å²) in [7, 11) is 0. The van der Waals surface area contributed by atoms with Crippen molar-refractivity contribution in [3.63, 3.8) is 0 Å². The number of hydrogen-bond donors (Lipinski definition) is 0. The number of hydrogen-bond acceptors (Lipinski definition) is 1. The molecule has 0 saturated heterocycles. The van der Waals surface area contributed by atoms with E-state index in [-0.39, 0.29) is 11.8 Å². The van der Waals surface area contributed by atoms with E-state index in [9.17, 15) is 13.6 Å². The van der Waals surface area contributed by atoms with Crippen molar-refractivity contribution in [1.29, 1.82) is 0 Å². The largest absolute Gasteiger partial charge is 0.303 e. The second-order valence-corrected chi connectivity index (χ2v) is 5.20. The minimum atomic E-state index is -2.48. The first-order chi connectivity index (χ1) is 5.83. The molecule has 2 unspecified atom stereocenters. The first-order valence-corrected chi connectivity index (χ1v) is 4.67. The molecule has 0 heterocycles. The topological polar surface area (TPSA) is 17.1 Å². The molecule has 2 aliphatic carbocycles. The van der Waals surface area contributed by atoms with Crippen LogP contribution in [0.2, 0.25) is 0 Å². The van der Waals surface area contributed by atoms with Gasteiger partial charge in [-0.15, -0.1) is 0 Å². The average Bonchev–Trinajstić information content (AvgIpc) is 2.73. The Labute approximate surface area is 76.5 Å². The molecule has 0 aromatic carbocycles. The lowest BCUT2D eigenvalue weighted by Gasteiger charge is -2.12. The van der Waals surface area contributed by atoms with Crippen LogP contribution in [0.25, 0.3) is 0 Å². The Morgan fingerprint density at radius 2 is 1.92 bits per heavy atom. The van der Waals surface area contributed by atoms with E-state index in [1.54, 1.807) is 0 Å². The summed E-state index contributed by atoms with van der Waals surface area (Å²) in [6.07, 6.45) is 2.03. The summed E-state index contributed by atoms with van der Waals surface area (Å²) in [6.45, 7) is 3.95. The Hall–Kier alpha value is -0.470. The van der Waals surface area contributed by atoms with Gasteiger partial charge in [-0.05, 0) is 18.3 Å². The number of rotatable bonds is 3. The molecule has 0 aliphatic heterocycles. The van der Waals surface area contributed by atoms with Crippen LogP contribution in [0, 0.1) is 16.7 Å². The van der Waals surface area contributed by atoms with Gasteiger partial charge in [0.15, 0.2) is 0 Å². The number of halogens is 2. The lowest BCUT2D eigenvalue weighted by Crippen LogP contribution is -2.13. The van der Waals surface area contributed by atoms with Gasteiger partial charge in [-0.3, -0.25) is 0 Å². The second kappa shape index (κ2) is 2.12. The maximum absolute atomic E-state index is 12.6. The normalized spacial score (nSPS) is 44.2. The zero-order valence-corrected chi connectivity index (χ0v) is 7.94. The monoisotopic (exact) mass is 188 g/mol. The van der Waals surface area contributed by atoms with E-state index in [1.165, 1.54) is 0 Å². The molecular formula is C10H14F2O. The van der Waals surface area contributed by atoms with E-state index in [1.807, 2.05) is 13.8 Å². The predicted molar refractivity (Wildman–Crippen MR) is 44.6 cm³/mol. The summed E-state index contributed by atoms with van der Waals surface area (Å²) < 4.78 is 25.3. The maximum Gasteiger partial charge on any atom is 0.251 e. The Balaban J connectivity index is 1.99. The van der Waals surface area contributed by atoms with Crippen LogP contribution in [-0.4, -0.2) is 12.2 Å². The average molecular weight is 188 g/mol. The fraction of sp³-hybridized carbons (Fsp3) is 0.900. The van der Waals surface area contributed by atoms with Crippen molar-refractivity contribution in [2.24, 2.45) is 16.7 Å². The maximum atomic E-state index is 12.6. The number of aldehydes is 1. The molecule has 13 heavy (non-hydrogen) atoms. The van der Waals surface area contributed by atoms with Crippen molar-refractivity contribution in [2.45, 2.75) is 39.0 Å². The Kier molecular flexibility index (Phi) is 1.49. The van der Waals surface area contributed by atoms with E-state index in [2.05, 4.69) is 0 Å². The van der Waals surface area contributed by atoms with Crippen molar-refractivity contribution in [3.05, 3.63) is 0 Å². The Bertz CT molecular complexity index is 260. The third-order valence-corrected chi connectivity index (χ3v) is 3.77. The van der Waals surface area contributed by atoms with Gasteiger partial charge in [0.1, 0.15) is 6.29 Å². The van der Waals surface area contributed by atoms with E-state index < -0.39 is 17.3 Å². The van der Waals surface area contributed by atoms with Crippen LogP contribution >= 0.6 is 0 Å². The molecule has 2 aliphatic rings. The van der Waals surface area contributed by atoms with Crippen molar-refractivity contribution < 1.29 is 13.6 Å². The van der Waals surface area contributed by atoms with Crippen LogP contribution < -0.4 is 0 Å². The minimum absolute atomic E-state index is 0.0152. The third-order valence-electron chi connectivity index (χ3n) is 3.77. The molecule has 0 aromatic rings. The van der Waals surface area contributed by atoms with Crippen LogP contribution in [-0.2, 0) is 4.79 Å². The zero-order valence-electron chi connectivity index (χ0n) is 7.94. The van der Waals surface area contributed by atoms with Crippen molar-refractivity contribution in [3.8, 4) is 0 Å². The molecule has 0 amide bonds. The van der Waals surface area contributed by atoms with E-state index >= 15 is 0 Å². The highest BCUT2D eigenvalue weighted by Crippen LogP contribution is 2.69. The van der Waals surface area contributed by atoms with Gasteiger partial charge in [0.2, 0.25) is 0 Å². The molecule has 2 rings (SSSR count). The van der Waals surface area contributed by atoms with Crippen molar-refractivity contribution in [2.75, 3.05) is 0 Å². The molecule has 1 nitrogen and oxygen atoms in total. The minimum Gasteiger partial charge on any atom is -0.303 e. The molecule has 0 spiro atoms. The fourth-order valence-electron chi connectivity index (χ4n) is 2.27. The molecule has 0 bridgehead atoms. The molecule has 0 radical (unpaired) electrons. The molecule has 0 aromatic heterocycles. The zero-order chi connectivity index (χ0) is 9.91. The lowest BCUT2D eigenvalue weighted by molar-refractivity contribution is -0.113. The smallest absolute Gasteiger partial charge is 0.251 e. The number of carbonyl (C=O) groups excluding carboxylic acids is 1. The summed E-state index contributed by atoms with van der Waals surface area (Å²) in [5.74, 6) is -3.01. The van der Waals surface area contributed by atoms with Gasteiger partial charge >= 0.3 is 0 Å². The van der Waals surface area contributed by atoms with E-state index in [0.717, 1.165) is 12.7 Å². The van der Waals surface area contributed by atoms with Crippen molar-refractivity contribution in [1.82, 2.24) is 0 Å². The van der Waals surface area contributed by atoms with Gasteiger partial charge in [-0.1, -0.05) is 13.8 Å². The molecular weight excluding hydrogens is 174 g/mol. The van der Waals surface area contributed by atoms with Gasteiger partial charge in [-0.2, -0.15) is 0 Å². The summed E-state index contributed by atoms with van der Waals surface area (Å²) >= 11 is 0. The van der Waals surface area contributed by atoms with Gasteiger partial charge in [-0.25, -0.2) is 8.78 Å². The van der Waals surface area contributed by atoms with Crippen LogP contribution in [0.3, 0.4) is 0 Å². The molecule has 3 heteroatoms. The summed E-state index contributed by atoms with van der Waals surface area (Å²) in [5, 5.41) is 0. The number of carbonyl (C=O) groups is 1. The first-order valence-electron chi connectivity index (χ1n) is 4.67. The quantitative estimate of drug-likeness (QED) is 0.622. The predicted octanol–water partition coefficient (Wildman–Crippen LogP) is 2.65. The van der Waals surface area contributed by atoms with E-state index in [0.29, 0.717) is 6.42 Å². The fourth-order valence-corrected chi connectivity index (χ4v) is 2.27. The first kappa shape index (κ1) is 9.10. The van der Waals surface area contributed by atoms with Gasteiger partial charge in [0, 0.05) is 17.8 Å². The molecule has 74 valence electrons. The summed E-state index contributed by atoms with van der Waals surface area (Å²) in [6, 6.07) is 0. The molecule has 0 N–H and O–H groups in total. The molecule has 2 atom stereocenters. The van der Waals surface area contributed by atoms with Crippen molar-refractivity contribution >= 4 is 6.29 Å². The van der Waals surface area contributed by atoms with Gasteiger partial charge in [0.05, 0.1) is 0 Å². The highest BCUT2D eigenvalue weighted by Gasteiger charge is 2.67. The molecule has 2 fully saturated rings. The summed E-state index contributed by atoms with van der Waals surface area (Å²) in [4.78, 5) is 10.8. The van der Waals surface area contributed by atoms with Gasteiger partial charge in [0.25, 0.3) is 5.92 Å². The number of alkyl halides is 2. The van der Waals surface area contributed by atoms with Crippen LogP contribution in [0.1, 0.15) is 33.1 Å². The lowest BCUT2D eigenvalue weighted by atomic mass is 9.91. The Morgan fingerprint density at radius 1 is 1.46 bits per heavy atom. The standard InChI is InChI=1S/C10H14F2O/c1-8(2)5-9(8,6-13)3-7-4-10(7,11)12/h6-7H,3-5H2,1-2H3. The van der Waals surface area contributed by atoms with Crippen LogP contribution in [0.15, 0.2) is 0 Å². The second-order valence-electron chi connectivity index (χ2n) is 5.20. The highest BCUT2D eigenvalue weighted by molar-refractivity contribution is 5.66. The highest BCUT2D eigenvalue weighted by atomic mass is 19.3. The summed E-state index contributed by atoms with van der Waals surface area (Å²) in [5.41, 5.74) is -0.481. The van der Waals surface area contributed by atoms with Crippen LogP contribution in [0.4, 0.5) is 8.78 Å². The van der Waals surface area contributed by atoms with E-state index in [4.69, 9.17) is 0 Å². The van der Waals surface area contributed by atoms with Crippen LogP contribution in [0.5, 0.6) is 0 Å². The third kappa shape index (κ3) is 1.20. The molecule has 2 saturated carbocycles. The Morgan fingerprint density at radius 3 is 2.15 bits per heavy atom. The van der Waals surface area contributed by atoms with Gasteiger partial charge < -0.3 is 4.79 Å².